The highest BCUT2D eigenvalue weighted by Gasteiger charge is 2.16. The molecule has 1 aromatic heterocycles. The summed E-state index contributed by atoms with van der Waals surface area (Å²) in [6, 6.07) is 6.28. The van der Waals surface area contributed by atoms with Gasteiger partial charge in [0, 0.05) is 13.5 Å². The SMILES string of the molecule is Cn1c(CCC(=O)O)nc2cc(C(C)(C)C)ccc21. The molecule has 0 aliphatic carbocycles. The van der Waals surface area contributed by atoms with Gasteiger partial charge in [0.2, 0.25) is 0 Å². The van der Waals surface area contributed by atoms with Crippen molar-refractivity contribution in [2.45, 2.75) is 39.0 Å². The standard InChI is InChI=1S/C15H20N2O2/c1-15(2,3)10-5-6-12-11(9-10)16-13(17(12)4)7-8-14(18)19/h5-6,9H,7-8H2,1-4H3,(H,18,19). The molecular formula is C15H20N2O2. The molecule has 0 aliphatic heterocycles. The molecule has 0 saturated heterocycles. The van der Waals surface area contributed by atoms with Crippen LogP contribution in [0, 0.1) is 0 Å². The average Bonchev–Trinajstić information content (AvgIpc) is 2.62. The third-order valence-electron chi connectivity index (χ3n) is 3.40. The van der Waals surface area contributed by atoms with Gasteiger partial charge in [-0.2, -0.15) is 0 Å². The van der Waals surface area contributed by atoms with Gasteiger partial charge < -0.3 is 9.67 Å². The molecule has 102 valence electrons. The summed E-state index contributed by atoms with van der Waals surface area (Å²) >= 11 is 0. The molecule has 0 atom stereocenters. The summed E-state index contributed by atoms with van der Waals surface area (Å²) in [5.74, 6) is 0.0332. The summed E-state index contributed by atoms with van der Waals surface area (Å²) in [6.07, 6.45) is 0.578. The van der Waals surface area contributed by atoms with Gasteiger partial charge in [-0.1, -0.05) is 26.8 Å². The van der Waals surface area contributed by atoms with E-state index in [1.54, 1.807) is 0 Å². The van der Waals surface area contributed by atoms with E-state index >= 15 is 0 Å². The summed E-state index contributed by atoms with van der Waals surface area (Å²) < 4.78 is 1.98. The number of hydrogen-bond donors (Lipinski definition) is 1. The Morgan fingerprint density at radius 2 is 2.05 bits per heavy atom. The number of nitrogens with zero attached hydrogens (tertiary/aromatic N) is 2. The first-order valence-corrected chi connectivity index (χ1v) is 6.46. The highest BCUT2D eigenvalue weighted by atomic mass is 16.4. The van der Waals surface area contributed by atoms with Crippen LogP contribution in [0.4, 0.5) is 0 Å². The lowest BCUT2D eigenvalue weighted by atomic mass is 9.87. The third-order valence-corrected chi connectivity index (χ3v) is 3.40. The van der Waals surface area contributed by atoms with E-state index in [0.29, 0.717) is 6.42 Å². The molecule has 2 aromatic rings. The number of rotatable bonds is 3. The van der Waals surface area contributed by atoms with Crippen molar-refractivity contribution >= 4 is 17.0 Å². The number of carboxylic acids is 1. The summed E-state index contributed by atoms with van der Waals surface area (Å²) in [7, 11) is 1.93. The van der Waals surface area contributed by atoms with Crippen LogP contribution < -0.4 is 0 Å². The van der Waals surface area contributed by atoms with E-state index in [1.807, 2.05) is 11.6 Å². The fraction of sp³-hybridized carbons (Fsp3) is 0.467. The number of imidazole rings is 1. The highest BCUT2D eigenvalue weighted by Crippen LogP contribution is 2.26. The first kappa shape index (κ1) is 13.6. The van der Waals surface area contributed by atoms with Crippen molar-refractivity contribution < 1.29 is 9.90 Å². The molecule has 0 unspecified atom stereocenters. The van der Waals surface area contributed by atoms with E-state index in [9.17, 15) is 4.79 Å². The van der Waals surface area contributed by atoms with Gasteiger partial charge >= 0.3 is 5.97 Å². The zero-order chi connectivity index (χ0) is 14.2. The molecule has 4 nitrogen and oxygen atoms in total. The summed E-state index contributed by atoms with van der Waals surface area (Å²) in [6.45, 7) is 6.51. The van der Waals surface area contributed by atoms with Crippen molar-refractivity contribution in [3.63, 3.8) is 0 Å². The molecule has 1 heterocycles. The lowest BCUT2D eigenvalue weighted by Crippen LogP contribution is -2.10. The number of fused-ring (bicyclic) bond motifs is 1. The third kappa shape index (κ3) is 2.78. The Balaban J connectivity index is 2.42. The molecule has 1 N–H and O–H groups in total. The zero-order valence-corrected chi connectivity index (χ0v) is 11.9. The maximum absolute atomic E-state index is 10.6. The van der Waals surface area contributed by atoms with Crippen LogP contribution in [0.2, 0.25) is 0 Å². The van der Waals surface area contributed by atoms with Crippen LogP contribution in [0.1, 0.15) is 38.6 Å². The summed E-state index contributed by atoms with van der Waals surface area (Å²) in [5.41, 5.74) is 3.32. The Hall–Kier alpha value is -1.84. The highest BCUT2D eigenvalue weighted by molar-refractivity contribution is 5.77. The van der Waals surface area contributed by atoms with Crippen molar-refractivity contribution in [1.29, 1.82) is 0 Å². The molecule has 1 aromatic carbocycles. The minimum Gasteiger partial charge on any atom is -0.481 e. The molecule has 19 heavy (non-hydrogen) atoms. The van der Waals surface area contributed by atoms with E-state index in [1.165, 1.54) is 5.56 Å². The van der Waals surface area contributed by atoms with Gasteiger partial charge in [0.1, 0.15) is 5.82 Å². The maximum Gasteiger partial charge on any atom is 0.303 e. The van der Waals surface area contributed by atoms with E-state index in [4.69, 9.17) is 5.11 Å². The number of hydrogen-bond acceptors (Lipinski definition) is 2. The second-order valence-electron chi connectivity index (χ2n) is 5.93. The first-order chi connectivity index (χ1) is 8.79. The predicted molar refractivity (Wildman–Crippen MR) is 75.4 cm³/mol. The van der Waals surface area contributed by atoms with Crippen LogP contribution in [-0.4, -0.2) is 20.6 Å². The van der Waals surface area contributed by atoms with Gasteiger partial charge in [-0.3, -0.25) is 4.79 Å². The van der Waals surface area contributed by atoms with Crippen LogP contribution >= 0.6 is 0 Å². The Bertz CT molecular complexity index is 621. The Morgan fingerprint density at radius 1 is 1.37 bits per heavy atom. The van der Waals surface area contributed by atoms with Crippen LogP contribution in [0.25, 0.3) is 11.0 Å². The smallest absolute Gasteiger partial charge is 0.303 e. The van der Waals surface area contributed by atoms with Crippen LogP contribution in [0.3, 0.4) is 0 Å². The number of carbonyl (C=O) groups is 1. The topological polar surface area (TPSA) is 55.1 Å². The van der Waals surface area contributed by atoms with Crippen molar-refractivity contribution in [3.05, 3.63) is 29.6 Å². The van der Waals surface area contributed by atoms with Crippen molar-refractivity contribution in [2.24, 2.45) is 7.05 Å². The van der Waals surface area contributed by atoms with Crippen molar-refractivity contribution in [1.82, 2.24) is 9.55 Å². The number of aliphatic carboxylic acids is 1. The van der Waals surface area contributed by atoms with E-state index in [2.05, 4.69) is 44.0 Å². The normalized spacial score (nSPS) is 12.0. The van der Waals surface area contributed by atoms with Gasteiger partial charge in [0.15, 0.2) is 0 Å². The first-order valence-electron chi connectivity index (χ1n) is 6.46. The molecule has 0 saturated carbocycles. The lowest BCUT2D eigenvalue weighted by molar-refractivity contribution is -0.137. The molecule has 0 aliphatic rings. The van der Waals surface area contributed by atoms with Gasteiger partial charge in [0.05, 0.1) is 17.5 Å². The number of aryl methyl sites for hydroxylation is 2. The monoisotopic (exact) mass is 260 g/mol. The quantitative estimate of drug-likeness (QED) is 0.923. The second kappa shape index (κ2) is 4.68. The molecule has 0 fully saturated rings. The fourth-order valence-corrected chi connectivity index (χ4v) is 2.16. The van der Waals surface area contributed by atoms with Gasteiger partial charge in [-0.15, -0.1) is 0 Å². The number of carboxylic acid groups (broad SMARTS) is 1. The van der Waals surface area contributed by atoms with Gasteiger partial charge in [-0.25, -0.2) is 4.98 Å². The summed E-state index contributed by atoms with van der Waals surface area (Å²) in [5, 5.41) is 8.75. The van der Waals surface area contributed by atoms with Crippen molar-refractivity contribution in [2.75, 3.05) is 0 Å². The van der Waals surface area contributed by atoms with Gasteiger partial charge in [-0.05, 0) is 23.1 Å². The Kier molecular flexibility index (Phi) is 3.35. The van der Waals surface area contributed by atoms with Crippen LogP contribution in [-0.2, 0) is 23.7 Å². The molecule has 4 heteroatoms. The Labute approximate surface area is 113 Å². The molecule has 0 bridgehead atoms. The lowest BCUT2D eigenvalue weighted by Gasteiger charge is -2.18. The maximum atomic E-state index is 10.6. The number of aromatic nitrogens is 2. The minimum atomic E-state index is -0.789. The molecular weight excluding hydrogens is 240 g/mol. The van der Waals surface area contributed by atoms with E-state index in [-0.39, 0.29) is 11.8 Å². The van der Waals surface area contributed by atoms with Gasteiger partial charge in [0.25, 0.3) is 0 Å². The minimum absolute atomic E-state index is 0.0902. The van der Waals surface area contributed by atoms with Crippen LogP contribution in [0.15, 0.2) is 18.2 Å². The van der Waals surface area contributed by atoms with Crippen LogP contribution in [0.5, 0.6) is 0 Å². The molecule has 0 spiro atoms. The molecule has 0 radical (unpaired) electrons. The Morgan fingerprint density at radius 3 is 2.63 bits per heavy atom. The zero-order valence-electron chi connectivity index (χ0n) is 11.9. The number of benzene rings is 1. The molecule has 0 amide bonds. The average molecular weight is 260 g/mol. The summed E-state index contributed by atoms with van der Waals surface area (Å²) in [4.78, 5) is 15.2. The predicted octanol–water partition coefficient (Wildman–Crippen LogP) is 2.89. The molecule has 2 rings (SSSR count). The van der Waals surface area contributed by atoms with E-state index < -0.39 is 5.97 Å². The van der Waals surface area contributed by atoms with E-state index in [0.717, 1.165) is 16.9 Å². The van der Waals surface area contributed by atoms with Crippen molar-refractivity contribution in [3.8, 4) is 0 Å². The largest absolute Gasteiger partial charge is 0.481 e. The second-order valence-corrected chi connectivity index (χ2v) is 5.93. The fourth-order valence-electron chi connectivity index (χ4n) is 2.16.